The molecule has 2 nitrogen and oxygen atoms in total. The van der Waals surface area contributed by atoms with Gasteiger partial charge in [-0.2, -0.15) is 10.5 Å². The van der Waals surface area contributed by atoms with E-state index in [1.807, 2.05) is 109 Å². The van der Waals surface area contributed by atoms with Crippen LogP contribution in [0.5, 0.6) is 0 Å². The molecule has 0 aliphatic heterocycles. The molecular weight excluding hydrogens is 364 g/mol. The van der Waals surface area contributed by atoms with Crippen LogP contribution in [-0.4, -0.2) is 0 Å². The Hall–Kier alpha value is -4.40. The van der Waals surface area contributed by atoms with Crippen molar-refractivity contribution in [1.82, 2.24) is 0 Å². The minimum atomic E-state index is 0.379. The van der Waals surface area contributed by atoms with Crippen molar-refractivity contribution in [3.8, 4) is 34.4 Å². The highest BCUT2D eigenvalue weighted by molar-refractivity contribution is 6.03. The molecule has 0 aromatic heterocycles. The maximum atomic E-state index is 9.80. The van der Waals surface area contributed by atoms with Crippen LogP contribution in [0.4, 0.5) is 0 Å². The number of nitrogens with zero attached hydrogens (tertiary/aromatic N) is 2. The van der Waals surface area contributed by atoms with E-state index in [4.69, 9.17) is 0 Å². The van der Waals surface area contributed by atoms with Gasteiger partial charge in [-0.25, -0.2) is 0 Å². The summed E-state index contributed by atoms with van der Waals surface area (Å²) < 4.78 is 0. The van der Waals surface area contributed by atoms with Gasteiger partial charge >= 0.3 is 0 Å². The molecule has 0 bridgehead atoms. The second-order valence-electron chi connectivity index (χ2n) is 6.86. The van der Waals surface area contributed by atoms with Crippen molar-refractivity contribution in [1.29, 1.82) is 10.5 Å². The van der Waals surface area contributed by atoms with Crippen LogP contribution in [-0.2, 0) is 0 Å². The topological polar surface area (TPSA) is 47.6 Å². The molecule has 0 N–H and O–H groups in total. The van der Waals surface area contributed by atoms with Gasteiger partial charge in [-0.05, 0) is 33.4 Å². The molecule has 30 heavy (non-hydrogen) atoms. The molecule has 0 saturated heterocycles. The molecule has 0 radical (unpaired) electrons. The van der Waals surface area contributed by atoms with Crippen LogP contribution in [0.3, 0.4) is 0 Å². The van der Waals surface area contributed by atoms with Gasteiger partial charge in [-0.15, -0.1) is 0 Å². The lowest BCUT2D eigenvalue weighted by Gasteiger charge is -2.08. The smallest absolute Gasteiger partial charge is 0.101 e. The van der Waals surface area contributed by atoms with Gasteiger partial charge in [0.15, 0.2) is 0 Å². The standard InChI is InChI=1S/C28H18N2/c29-19-27(25-15-11-23(12-16-25)21-7-3-1-4-8-21)28(20-30)26-17-13-24(14-18-26)22-9-5-2-6-10-22/h1-18H/b28-27-. The average Bonchev–Trinajstić information content (AvgIpc) is 2.84. The summed E-state index contributed by atoms with van der Waals surface area (Å²) in [7, 11) is 0. The maximum absolute atomic E-state index is 9.80. The van der Waals surface area contributed by atoms with E-state index in [1.54, 1.807) is 0 Å². The van der Waals surface area contributed by atoms with Crippen LogP contribution in [0.2, 0.25) is 0 Å². The third kappa shape index (κ3) is 3.90. The summed E-state index contributed by atoms with van der Waals surface area (Å²) >= 11 is 0. The molecular formula is C28H18N2. The highest BCUT2D eigenvalue weighted by atomic mass is 14.3. The van der Waals surface area contributed by atoms with Crippen molar-refractivity contribution in [2.24, 2.45) is 0 Å². The van der Waals surface area contributed by atoms with Crippen LogP contribution in [0.25, 0.3) is 33.4 Å². The van der Waals surface area contributed by atoms with Crippen LogP contribution in [0.15, 0.2) is 109 Å². The summed E-state index contributed by atoms with van der Waals surface area (Å²) in [5.74, 6) is 0. The number of benzene rings is 4. The molecule has 0 amide bonds. The molecule has 0 unspecified atom stereocenters. The van der Waals surface area contributed by atoms with Crippen LogP contribution < -0.4 is 0 Å². The van der Waals surface area contributed by atoms with E-state index in [9.17, 15) is 10.5 Å². The maximum Gasteiger partial charge on any atom is 0.101 e. The van der Waals surface area contributed by atoms with E-state index in [1.165, 1.54) is 0 Å². The highest BCUT2D eigenvalue weighted by Gasteiger charge is 2.12. The first-order valence-electron chi connectivity index (χ1n) is 9.66. The first kappa shape index (κ1) is 18.9. The first-order chi connectivity index (χ1) is 14.8. The van der Waals surface area contributed by atoms with E-state index in [2.05, 4.69) is 12.1 Å². The molecule has 140 valence electrons. The summed E-state index contributed by atoms with van der Waals surface area (Å²) in [6, 6.07) is 40.1. The summed E-state index contributed by atoms with van der Waals surface area (Å²) in [5.41, 5.74) is 6.60. The fourth-order valence-electron chi connectivity index (χ4n) is 3.45. The van der Waals surface area contributed by atoms with Gasteiger partial charge < -0.3 is 0 Å². The molecule has 4 rings (SSSR count). The predicted molar refractivity (Wildman–Crippen MR) is 122 cm³/mol. The van der Waals surface area contributed by atoms with E-state index in [0.29, 0.717) is 11.1 Å². The van der Waals surface area contributed by atoms with E-state index < -0.39 is 0 Å². The summed E-state index contributed by atoms with van der Waals surface area (Å²) in [6.07, 6.45) is 0. The molecule has 0 aliphatic carbocycles. The lowest BCUT2D eigenvalue weighted by Crippen LogP contribution is -1.90. The number of nitriles is 2. The third-order valence-electron chi connectivity index (χ3n) is 5.04. The fourth-order valence-corrected chi connectivity index (χ4v) is 3.45. The van der Waals surface area contributed by atoms with Crippen molar-refractivity contribution in [2.45, 2.75) is 0 Å². The lowest BCUT2D eigenvalue weighted by atomic mass is 9.93. The van der Waals surface area contributed by atoms with Gasteiger partial charge in [0.1, 0.15) is 12.1 Å². The number of allylic oxidation sites excluding steroid dienone is 2. The Morgan fingerprint density at radius 2 is 0.700 bits per heavy atom. The largest absolute Gasteiger partial charge is 0.192 e. The SMILES string of the molecule is N#C/C(=C(\C#N)c1ccc(-c2ccccc2)cc1)c1ccc(-c2ccccc2)cc1. The van der Waals surface area contributed by atoms with E-state index in [-0.39, 0.29) is 0 Å². The highest BCUT2D eigenvalue weighted by Crippen LogP contribution is 2.29. The molecule has 0 fully saturated rings. The minimum Gasteiger partial charge on any atom is -0.192 e. The second-order valence-corrected chi connectivity index (χ2v) is 6.86. The second kappa shape index (κ2) is 8.74. The normalized spacial score (nSPS) is 11.1. The van der Waals surface area contributed by atoms with Crippen LogP contribution >= 0.6 is 0 Å². The van der Waals surface area contributed by atoms with Crippen molar-refractivity contribution >= 4 is 11.1 Å². The van der Waals surface area contributed by atoms with Gasteiger partial charge in [0.2, 0.25) is 0 Å². The Kier molecular flexibility index (Phi) is 5.52. The summed E-state index contributed by atoms with van der Waals surface area (Å²) in [4.78, 5) is 0. The molecule has 0 saturated carbocycles. The quantitative estimate of drug-likeness (QED) is 0.282. The predicted octanol–water partition coefficient (Wildman–Crippen LogP) is 6.98. The Bertz CT molecular complexity index is 1150. The molecule has 2 heteroatoms. The molecule has 4 aromatic carbocycles. The summed E-state index contributed by atoms with van der Waals surface area (Å²) in [5, 5.41) is 19.6. The van der Waals surface area contributed by atoms with E-state index >= 15 is 0 Å². The number of hydrogen-bond acceptors (Lipinski definition) is 2. The number of rotatable bonds is 4. The Morgan fingerprint density at radius 1 is 0.400 bits per heavy atom. The summed E-state index contributed by atoms with van der Waals surface area (Å²) in [6.45, 7) is 0. The molecule has 0 spiro atoms. The monoisotopic (exact) mass is 382 g/mol. The van der Waals surface area contributed by atoms with Gasteiger partial charge in [-0.3, -0.25) is 0 Å². The lowest BCUT2D eigenvalue weighted by molar-refractivity contribution is 1.49. The molecule has 0 atom stereocenters. The zero-order chi connectivity index (χ0) is 20.8. The van der Waals surface area contributed by atoms with Crippen LogP contribution in [0, 0.1) is 22.7 Å². The third-order valence-corrected chi connectivity index (χ3v) is 5.04. The van der Waals surface area contributed by atoms with Crippen molar-refractivity contribution in [2.75, 3.05) is 0 Å². The van der Waals surface area contributed by atoms with Crippen molar-refractivity contribution in [3.05, 3.63) is 120 Å². The van der Waals surface area contributed by atoms with Gasteiger partial charge in [0, 0.05) is 0 Å². The van der Waals surface area contributed by atoms with Gasteiger partial charge in [-0.1, -0.05) is 109 Å². The van der Waals surface area contributed by atoms with Crippen molar-refractivity contribution < 1.29 is 0 Å². The molecule has 0 heterocycles. The van der Waals surface area contributed by atoms with Gasteiger partial charge in [0.25, 0.3) is 0 Å². The Balaban J connectivity index is 1.70. The minimum absolute atomic E-state index is 0.379. The first-order valence-corrected chi connectivity index (χ1v) is 9.66. The Morgan fingerprint density at radius 3 is 1.00 bits per heavy atom. The van der Waals surface area contributed by atoms with Gasteiger partial charge in [0.05, 0.1) is 11.1 Å². The molecule has 4 aromatic rings. The van der Waals surface area contributed by atoms with Crippen LogP contribution in [0.1, 0.15) is 11.1 Å². The van der Waals surface area contributed by atoms with E-state index in [0.717, 1.165) is 33.4 Å². The zero-order valence-electron chi connectivity index (χ0n) is 16.3. The zero-order valence-corrected chi connectivity index (χ0v) is 16.3. The molecule has 0 aliphatic rings. The number of hydrogen-bond donors (Lipinski definition) is 0. The Labute approximate surface area is 176 Å². The average molecular weight is 382 g/mol. The van der Waals surface area contributed by atoms with Crippen molar-refractivity contribution in [3.63, 3.8) is 0 Å². The fraction of sp³-hybridized carbons (Fsp3) is 0.